The third kappa shape index (κ3) is 2.87. The van der Waals surface area contributed by atoms with Crippen LogP contribution in [0.15, 0.2) is 10.5 Å². The fourth-order valence-corrected chi connectivity index (χ4v) is 3.81. The van der Waals surface area contributed by atoms with E-state index < -0.39 is 5.97 Å². The van der Waals surface area contributed by atoms with Gasteiger partial charge in [0, 0.05) is 12.0 Å². The van der Waals surface area contributed by atoms with E-state index in [0.29, 0.717) is 11.6 Å². The number of oxazole rings is 1. The Balaban J connectivity index is 1.97. The van der Waals surface area contributed by atoms with E-state index >= 15 is 0 Å². The van der Waals surface area contributed by atoms with Crippen LogP contribution in [0.2, 0.25) is 0 Å². The second kappa shape index (κ2) is 5.99. The summed E-state index contributed by atoms with van der Waals surface area (Å²) in [6, 6.07) is 2.10. The fraction of sp³-hybridized carbons (Fsp3) is 0.467. The molecule has 0 radical (unpaired) electrons. The molecule has 2 heterocycles. The molecule has 0 bridgehead atoms. The number of aromatic carboxylic acids is 1. The number of thiophene rings is 1. The van der Waals surface area contributed by atoms with Crippen LogP contribution in [0.5, 0.6) is 0 Å². The third-order valence-electron chi connectivity index (χ3n) is 3.63. The fourth-order valence-electron chi connectivity index (χ4n) is 2.63. The predicted molar refractivity (Wildman–Crippen MR) is 78.7 cm³/mol. The van der Waals surface area contributed by atoms with Gasteiger partial charge in [-0.2, -0.15) is 0 Å². The largest absolute Gasteiger partial charge is 0.475 e. The summed E-state index contributed by atoms with van der Waals surface area (Å²) in [6.07, 6.45) is 5.88. The highest BCUT2D eigenvalue weighted by atomic mass is 32.1. The number of hydrogen-bond donors (Lipinski definition) is 1. The van der Waals surface area contributed by atoms with Gasteiger partial charge in [0.15, 0.2) is 0 Å². The van der Waals surface area contributed by atoms with Crippen molar-refractivity contribution in [2.45, 2.75) is 38.7 Å². The molecule has 6 heteroatoms. The van der Waals surface area contributed by atoms with E-state index in [0.717, 1.165) is 17.7 Å². The molecular formula is C15H17NO4S. The van der Waals surface area contributed by atoms with E-state index in [1.807, 2.05) is 0 Å². The summed E-state index contributed by atoms with van der Waals surface area (Å²) in [4.78, 5) is 17.8. The second-order valence-electron chi connectivity index (χ2n) is 5.15. The Labute approximate surface area is 126 Å². The van der Waals surface area contributed by atoms with Crippen molar-refractivity contribution in [3.63, 3.8) is 0 Å². The zero-order valence-electron chi connectivity index (χ0n) is 11.8. The predicted octanol–water partition coefficient (Wildman–Crippen LogP) is 3.52. The highest BCUT2D eigenvalue weighted by Crippen LogP contribution is 2.35. The summed E-state index contributed by atoms with van der Waals surface area (Å²) >= 11 is 1.66. The topological polar surface area (TPSA) is 72.6 Å². The highest BCUT2D eigenvalue weighted by molar-refractivity contribution is 7.15. The molecule has 0 amide bonds. The number of aromatic nitrogens is 1. The molecule has 0 saturated carbocycles. The minimum Gasteiger partial charge on any atom is -0.475 e. The average Bonchev–Trinajstić information content (AvgIpc) is 2.98. The lowest BCUT2D eigenvalue weighted by atomic mass is 10.1. The van der Waals surface area contributed by atoms with Gasteiger partial charge in [-0.25, -0.2) is 9.78 Å². The molecule has 0 saturated heterocycles. The van der Waals surface area contributed by atoms with Gasteiger partial charge in [-0.05, 0) is 37.3 Å². The number of rotatable bonds is 4. The smallest absolute Gasteiger partial charge is 0.373 e. The molecule has 0 atom stereocenters. The lowest BCUT2D eigenvalue weighted by molar-refractivity contribution is 0.0656. The highest BCUT2D eigenvalue weighted by Gasteiger charge is 2.22. The summed E-state index contributed by atoms with van der Waals surface area (Å²) in [5.74, 6) is -0.855. The lowest BCUT2D eigenvalue weighted by Crippen LogP contribution is -2.00. The average molecular weight is 307 g/mol. The summed E-state index contributed by atoms with van der Waals surface area (Å²) in [5.41, 5.74) is 1.69. The molecule has 1 aliphatic carbocycles. The number of nitrogens with zero attached hydrogens (tertiary/aromatic N) is 1. The Morgan fingerprint density at radius 2 is 2.24 bits per heavy atom. The van der Waals surface area contributed by atoms with Crippen LogP contribution < -0.4 is 0 Å². The van der Waals surface area contributed by atoms with E-state index in [-0.39, 0.29) is 12.4 Å². The van der Waals surface area contributed by atoms with E-state index in [4.69, 9.17) is 14.3 Å². The standard InChI is InChI=1S/C15H17NO4S/c1-19-8-10-13(15(17)18)20-14(16-10)12-7-9-5-3-2-4-6-11(9)21-12/h7H,2-6,8H2,1H3,(H,17,18). The van der Waals surface area contributed by atoms with Gasteiger partial charge >= 0.3 is 5.97 Å². The van der Waals surface area contributed by atoms with Crippen LogP contribution in [0.4, 0.5) is 0 Å². The summed E-state index contributed by atoms with van der Waals surface area (Å²) in [6.45, 7) is 0.135. The number of aryl methyl sites for hydroxylation is 2. The van der Waals surface area contributed by atoms with Gasteiger partial charge in [0.05, 0.1) is 11.5 Å². The molecular weight excluding hydrogens is 290 g/mol. The van der Waals surface area contributed by atoms with E-state index in [2.05, 4.69) is 11.1 Å². The Bertz CT molecular complexity index is 635. The van der Waals surface area contributed by atoms with Crippen LogP contribution in [0.3, 0.4) is 0 Å². The van der Waals surface area contributed by atoms with Gasteiger partial charge in [-0.15, -0.1) is 11.3 Å². The maximum Gasteiger partial charge on any atom is 0.373 e. The summed E-state index contributed by atoms with van der Waals surface area (Å²) < 4.78 is 10.4. The van der Waals surface area contributed by atoms with Crippen LogP contribution in [0, 0.1) is 0 Å². The summed E-state index contributed by atoms with van der Waals surface area (Å²) in [5, 5.41) is 9.17. The monoisotopic (exact) mass is 307 g/mol. The molecule has 5 nitrogen and oxygen atoms in total. The Hall–Kier alpha value is -1.66. The number of fused-ring (bicyclic) bond motifs is 1. The minimum atomic E-state index is -1.11. The normalized spacial score (nSPS) is 14.7. The van der Waals surface area contributed by atoms with Gasteiger partial charge in [0.2, 0.25) is 11.7 Å². The molecule has 1 aliphatic rings. The van der Waals surface area contributed by atoms with E-state index in [9.17, 15) is 4.79 Å². The van der Waals surface area contributed by atoms with Gasteiger partial charge in [-0.1, -0.05) is 6.42 Å². The quantitative estimate of drug-likeness (QED) is 0.875. The number of carbonyl (C=O) groups is 1. The van der Waals surface area contributed by atoms with Crippen LogP contribution in [0.25, 0.3) is 10.8 Å². The van der Waals surface area contributed by atoms with Gasteiger partial charge in [-0.3, -0.25) is 0 Å². The molecule has 0 spiro atoms. The molecule has 0 fully saturated rings. The van der Waals surface area contributed by atoms with Crippen LogP contribution in [-0.4, -0.2) is 23.2 Å². The third-order valence-corrected chi connectivity index (χ3v) is 4.86. The molecule has 0 aromatic carbocycles. The molecule has 3 rings (SSSR count). The molecule has 112 valence electrons. The van der Waals surface area contributed by atoms with Crippen LogP contribution in [0.1, 0.15) is 46.0 Å². The van der Waals surface area contributed by atoms with Crippen molar-refractivity contribution < 1.29 is 19.1 Å². The molecule has 0 unspecified atom stereocenters. The Morgan fingerprint density at radius 1 is 1.43 bits per heavy atom. The number of carboxylic acid groups (broad SMARTS) is 1. The first kappa shape index (κ1) is 14.3. The molecule has 1 N–H and O–H groups in total. The van der Waals surface area contributed by atoms with Gasteiger partial charge < -0.3 is 14.3 Å². The number of ether oxygens (including phenoxy) is 1. The summed E-state index contributed by atoms with van der Waals surface area (Å²) in [7, 11) is 1.51. The van der Waals surface area contributed by atoms with Crippen molar-refractivity contribution in [1.82, 2.24) is 4.98 Å². The van der Waals surface area contributed by atoms with Crippen LogP contribution in [-0.2, 0) is 24.2 Å². The van der Waals surface area contributed by atoms with Crippen molar-refractivity contribution in [2.24, 2.45) is 0 Å². The van der Waals surface area contributed by atoms with Crippen molar-refractivity contribution in [1.29, 1.82) is 0 Å². The first-order chi connectivity index (χ1) is 10.2. The maximum absolute atomic E-state index is 11.2. The first-order valence-corrected chi connectivity index (χ1v) is 7.84. The number of hydrogen-bond acceptors (Lipinski definition) is 5. The van der Waals surface area contributed by atoms with Gasteiger partial charge in [0.25, 0.3) is 0 Å². The van der Waals surface area contributed by atoms with Crippen molar-refractivity contribution in [3.8, 4) is 10.8 Å². The lowest BCUT2D eigenvalue weighted by Gasteiger charge is -1.92. The second-order valence-corrected chi connectivity index (χ2v) is 6.29. The number of methoxy groups -OCH3 is 1. The Kier molecular flexibility index (Phi) is 4.07. The van der Waals surface area contributed by atoms with Crippen molar-refractivity contribution >= 4 is 17.3 Å². The number of carboxylic acids is 1. The minimum absolute atomic E-state index is 0.129. The van der Waals surface area contributed by atoms with E-state index in [1.54, 1.807) is 11.3 Å². The van der Waals surface area contributed by atoms with E-state index in [1.165, 1.54) is 36.8 Å². The molecule has 2 aromatic rings. The SMILES string of the molecule is COCc1nc(-c2cc3c(s2)CCCCC3)oc1C(=O)O. The first-order valence-electron chi connectivity index (χ1n) is 7.03. The maximum atomic E-state index is 11.2. The zero-order chi connectivity index (χ0) is 14.8. The van der Waals surface area contributed by atoms with Crippen molar-refractivity contribution in [2.75, 3.05) is 7.11 Å². The molecule has 21 heavy (non-hydrogen) atoms. The van der Waals surface area contributed by atoms with Crippen LogP contribution >= 0.6 is 11.3 Å². The molecule has 2 aromatic heterocycles. The van der Waals surface area contributed by atoms with Crippen molar-refractivity contribution in [3.05, 3.63) is 28.0 Å². The zero-order valence-corrected chi connectivity index (χ0v) is 12.7. The van der Waals surface area contributed by atoms with Gasteiger partial charge in [0.1, 0.15) is 5.69 Å². The molecule has 0 aliphatic heterocycles. The Morgan fingerprint density at radius 3 is 3.00 bits per heavy atom.